The summed E-state index contributed by atoms with van der Waals surface area (Å²) < 4.78 is 34.2. The van der Waals surface area contributed by atoms with E-state index in [9.17, 15) is 18.0 Å². The first-order chi connectivity index (χ1) is 19.6. The molecular formula is C32H41N3O5S. The molecular weight excluding hydrogens is 538 g/mol. The number of nitrogens with one attached hydrogen (secondary N) is 1. The minimum Gasteiger partial charge on any atom is -0.497 e. The summed E-state index contributed by atoms with van der Waals surface area (Å²) in [6, 6.07) is 19.9. The number of hydrogen-bond acceptors (Lipinski definition) is 5. The zero-order valence-electron chi connectivity index (χ0n) is 24.6. The van der Waals surface area contributed by atoms with Gasteiger partial charge in [0.15, 0.2) is 0 Å². The molecule has 8 nitrogen and oxygen atoms in total. The molecule has 1 N–H and O–H groups in total. The third kappa shape index (κ3) is 8.10. The van der Waals surface area contributed by atoms with Gasteiger partial charge in [0, 0.05) is 13.1 Å². The highest BCUT2D eigenvalue weighted by Crippen LogP contribution is 2.26. The zero-order valence-corrected chi connectivity index (χ0v) is 25.4. The molecule has 3 aromatic carbocycles. The third-order valence-corrected chi connectivity index (χ3v) is 8.85. The summed E-state index contributed by atoms with van der Waals surface area (Å²) in [5.74, 6) is -0.197. The molecule has 0 unspecified atom stereocenters. The fourth-order valence-electron chi connectivity index (χ4n) is 4.51. The lowest BCUT2D eigenvalue weighted by Crippen LogP contribution is -2.52. The Balaban J connectivity index is 2.04. The summed E-state index contributed by atoms with van der Waals surface area (Å²) in [7, 11) is -2.64. The van der Waals surface area contributed by atoms with Crippen LogP contribution in [0.1, 0.15) is 49.8 Å². The second-order valence-corrected chi connectivity index (χ2v) is 11.9. The van der Waals surface area contributed by atoms with Gasteiger partial charge >= 0.3 is 0 Å². The fraction of sp³-hybridized carbons (Fsp3) is 0.375. The molecule has 3 aromatic rings. The minimum absolute atomic E-state index is 0.0291. The van der Waals surface area contributed by atoms with Gasteiger partial charge in [0.05, 0.1) is 17.7 Å². The van der Waals surface area contributed by atoms with Crippen LogP contribution in [0.3, 0.4) is 0 Å². The number of benzene rings is 3. The van der Waals surface area contributed by atoms with Crippen molar-refractivity contribution in [2.24, 2.45) is 0 Å². The molecule has 9 heteroatoms. The Kier molecular flexibility index (Phi) is 11.3. The van der Waals surface area contributed by atoms with Crippen LogP contribution in [0.2, 0.25) is 0 Å². The van der Waals surface area contributed by atoms with Crippen LogP contribution in [0.4, 0.5) is 5.69 Å². The lowest BCUT2D eigenvalue weighted by molar-refractivity contribution is -0.140. The molecule has 0 aliphatic rings. The minimum atomic E-state index is -4.14. The van der Waals surface area contributed by atoms with Gasteiger partial charge in [0.1, 0.15) is 18.3 Å². The fourth-order valence-corrected chi connectivity index (χ4v) is 5.93. The monoisotopic (exact) mass is 579 g/mol. The summed E-state index contributed by atoms with van der Waals surface area (Å²) >= 11 is 0. The van der Waals surface area contributed by atoms with Crippen LogP contribution in [-0.4, -0.2) is 51.4 Å². The number of carbonyl (C=O) groups excluding carboxylic acids is 2. The van der Waals surface area contributed by atoms with E-state index >= 15 is 0 Å². The number of amides is 2. The van der Waals surface area contributed by atoms with Gasteiger partial charge < -0.3 is 15.0 Å². The van der Waals surface area contributed by atoms with Crippen LogP contribution in [0.25, 0.3) is 0 Å². The number of sulfonamides is 1. The molecule has 1 atom stereocenters. The number of hydrogen-bond donors (Lipinski definition) is 1. The molecule has 0 radical (unpaired) electrons. The highest BCUT2D eigenvalue weighted by Gasteiger charge is 2.33. The van der Waals surface area contributed by atoms with E-state index in [1.165, 1.54) is 24.1 Å². The first kappa shape index (κ1) is 31.7. The van der Waals surface area contributed by atoms with Gasteiger partial charge in [-0.3, -0.25) is 13.9 Å². The number of anilines is 1. The van der Waals surface area contributed by atoms with Gasteiger partial charge in [-0.05, 0) is 74.2 Å². The molecule has 0 spiro atoms. The molecule has 0 heterocycles. The molecule has 3 rings (SSSR count). The highest BCUT2D eigenvalue weighted by atomic mass is 32.2. The van der Waals surface area contributed by atoms with Crippen LogP contribution in [-0.2, 0) is 26.2 Å². The van der Waals surface area contributed by atoms with Crippen LogP contribution >= 0.6 is 0 Å². The molecule has 0 saturated heterocycles. The first-order valence-corrected chi connectivity index (χ1v) is 15.4. The van der Waals surface area contributed by atoms with Crippen LogP contribution in [0, 0.1) is 13.8 Å². The second-order valence-electron chi connectivity index (χ2n) is 10.0. The molecule has 0 aliphatic heterocycles. The van der Waals surface area contributed by atoms with E-state index in [4.69, 9.17) is 4.74 Å². The van der Waals surface area contributed by atoms with Crippen molar-refractivity contribution < 1.29 is 22.7 Å². The van der Waals surface area contributed by atoms with Crippen LogP contribution in [0.15, 0.2) is 77.7 Å². The maximum atomic E-state index is 14.1. The maximum absolute atomic E-state index is 14.1. The molecule has 0 aromatic heterocycles. The maximum Gasteiger partial charge on any atom is 0.264 e. The van der Waals surface area contributed by atoms with Crippen molar-refractivity contribution in [3.63, 3.8) is 0 Å². The number of rotatable bonds is 14. The second kappa shape index (κ2) is 14.7. The smallest absolute Gasteiger partial charge is 0.264 e. The molecule has 41 heavy (non-hydrogen) atoms. The summed E-state index contributed by atoms with van der Waals surface area (Å²) in [5, 5.41) is 2.95. The topological polar surface area (TPSA) is 96.0 Å². The van der Waals surface area contributed by atoms with E-state index < -0.39 is 28.5 Å². The summed E-state index contributed by atoms with van der Waals surface area (Å²) in [5.41, 5.74) is 3.18. The zero-order chi connectivity index (χ0) is 30.0. The Bertz CT molecular complexity index is 1410. The van der Waals surface area contributed by atoms with Gasteiger partial charge in [-0.15, -0.1) is 0 Å². The van der Waals surface area contributed by atoms with Gasteiger partial charge in [0.2, 0.25) is 11.8 Å². The molecule has 2 amide bonds. The van der Waals surface area contributed by atoms with Gasteiger partial charge in [-0.2, -0.15) is 0 Å². The standard InChI is InChI=1S/C32H41N3O5S/c1-6-8-21-33-32(37)30(7-2)34(22-26-12-10-9-11-25(26)4)31(36)23-35(27-15-13-24(3)14-16-27)41(38,39)29-19-17-28(40-5)18-20-29/h9-20,30H,6-8,21-23H2,1-5H3,(H,33,37)/t30-/m1/s1. The van der Waals surface area contributed by atoms with E-state index in [1.54, 1.807) is 36.4 Å². The van der Waals surface area contributed by atoms with Crippen molar-refractivity contribution in [3.8, 4) is 5.75 Å². The quantitative estimate of drug-likeness (QED) is 0.264. The van der Waals surface area contributed by atoms with Crippen molar-refractivity contribution in [2.45, 2.75) is 64.4 Å². The van der Waals surface area contributed by atoms with Gasteiger partial charge in [-0.1, -0.05) is 62.2 Å². The van der Waals surface area contributed by atoms with Crippen molar-refractivity contribution in [2.75, 3.05) is 24.5 Å². The SMILES string of the molecule is CCCCNC(=O)[C@@H](CC)N(Cc1ccccc1C)C(=O)CN(c1ccc(C)cc1)S(=O)(=O)c1ccc(OC)cc1. The Morgan fingerprint density at radius 1 is 0.927 bits per heavy atom. The average molecular weight is 580 g/mol. The Hall–Kier alpha value is -3.85. The molecule has 0 aliphatic carbocycles. The molecule has 220 valence electrons. The number of carbonyl (C=O) groups is 2. The van der Waals surface area contributed by atoms with Crippen molar-refractivity contribution in [1.29, 1.82) is 0 Å². The van der Waals surface area contributed by atoms with Crippen molar-refractivity contribution >= 4 is 27.5 Å². The van der Waals surface area contributed by atoms with Gasteiger partial charge in [0.25, 0.3) is 10.0 Å². The lowest BCUT2D eigenvalue weighted by atomic mass is 10.1. The summed E-state index contributed by atoms with van der Waals surface area (Å²) in [6.07, 6.45) is 2.14. The number of ether oxygens (including phenoxy) is 1. The predicted molar refractivity (Wildman–Crippen MR) is 162 cm³/mol. The number of nitrogens with zero attached hydrogens (tertiary/aromatic N) is 2. The third-order valence-electron chi connectivity index (χ3n) is 7.07. The van der Waals surface area contributed by atoms with E-state index in [-0.39, 0.29) is 17.3 Å². The van der Waals surface area contributed by atoms with Crippen LogP contribution < -0.4 is 14.4 Å². The number of aryl methyl sites for hydroxylation is 2. The molecule has 0 saturated carbocycles. The van der Waals surface area contributed by atoms with E-state index in [0.29, 0.717) is 24.4 Å². The number of unbranched alkanes of at least 4 members (excludes halogenated alkanes) is 1. The van der Waals surface area contributed by atoms with E-state index in [2.05, 4.69) is 5.32 Å². The average Bonchev–Trinajstić information content (AvgIpc) is 2.97. The highest BCUT2D eigenvalue weighted by molar-refractivity contribution is 7.92. The van der Waals surface area contributed by atoms with E-state index in [1.807, 2.05) is 52.0 Å². The van der Waals surface area contributed by atoms with Crippen molar-refractivity contribution in [3.05, 3.63) is 89.5 Å². The summed E-state index contributed by atoms with van der Waals surface area (Å²) in [4.78, 5) is 29.0. The Morgan fingerprint density at radius 3 is 2.17 bits per heavy atom. The molecule has 0 fully saturated rings. The van der Waals surface area contributed by atoms with Gasteiger partial charge in [-0.25, -0.2) is 8.42 Å². The Morgan fingerprint density at radius 2 is 1.59 bits per heavy atom. The van der Waals surface area contributed by atoms with E-state index in [0.717, 1.165) is 33.8 Å². The summed E-state index contributed by atoms with van der Waals surface area (Å²) in [6.45, 7) is 7.97. The largest absolute Gasteiger partial charge is 0.497 e. The predicted octanol–water partition coefficient (Wildman–Crippen LogP) is 5.23. The van der Waals surface area contributed by atoms with Crippen molar-refractivity contribution in [1.82, 2.24) is 10.2 Å². The van der Waals surface area contributed by atoms with Crippen LogP contribution in [0.5, 0.6) is 5.75 Å². The number of methoxy groups -OCH3 is 1. The first-order valence-electron chi connectivity index (χ1n) is 14.0. The molecule has 0 bridgehead atoms. The lowest BCUT2D eigenvalue weighted by Gasteiger charge is -2.33. The Labute approximate surface area is 244 Å². The normalized spacial score (nSPS) is 11.9.